The molecule has 2 nitrogen and oxygen atoms in total. The van der Waals surface area contributed by atoms with Crippen molar-refractivity contribution in [1.82, 2.24) is 0 Å². The van der Waals surface area contributed by atoms with E-state index in [0.717, 1.165) is 16.9 Å². The molecule has 2 rings (SSSR count). The normalized spacial score (nSPS) is 11.3. The van der Waals surface area contributed by atoms with Gasteiger partial charge in [0.25, 0.3) is 0 Å². The maximum Gasteiger partial charge on any atom is 0.140 e. The highest BCUT2D eigenvalue weighted by Gasteiger charge is 2.03. The summed E-state index contributed by atoms with van der Waals surface area (Å²) in [5.41, 5.74) is 1.67. The van der Waals surface area contributed by atoms with Crippen molar-refractivity contribution in [3.63, 3.8) is 0 Å². The zero-order valence-corrected chi connectivity index (χ0v) is 10.8. The smallest absolute Gasteiger partial charge is 0.140 e. The van der Waals surface area contributed by atoms with Gasteiger partial charge in [0.15, 0.2) is 0 Å². The summed E-state index contributed by atoms with van der Waals surface area (Å²) in [4.78, 5) is 0. The van der Waals surface area contributed by atoms with Crippen LogP contribution in [-0.2, 0) is 0 Å². The van der Waals surface area contributed by atoms with Crippen molar-refractivity contribution < 1.29 is 9.84 Å². The van der Waals surface area contributed by atoms with Gasteiger partial charge in [-0.2, -0.15) is 0 Å². The molecule has 0 fully saturated rings. The minimum atomic E-state index is -0.782. The Morgan fingerprint density at radius 2 is 1.74 bits per heavy atom. The van der Waals surface area contributed by atoms with Crippen LogP contribution in [-0.4, -0.2) is 11.7 Å². The topological polar surface area (TPSA) is 29.5 Å². The zero-order valence-electron chi connectivity index (χ0n) is 10.8. The van der Waals surface area contributed by atoms with E-state index >= 15 is 0 Å². The van der Waals surface area contributed by atoms with Crippen LogP contribution in [0.5, 0.6) is 5.75 Å². The first-order valence-electron chi connectivity index (χ1n) is 6.27. The summed E-state index contributed by atoms with van der Waals surface area (Å²) in [6, 6.07) is 17.0. The molecule has 0 aliphatic rings. The van der Waals surface area contributed by atoms with Crippen LogP contribution in [0.15, 0.2) is 54.6 Å². The fourth-order valence-corrected chi connectivity index (χ4v) is 1.67. The van der Waals surface area contributed by atoms with Crippen molar-refractivity contribution in [3.8, 4) is 17.6 Å². The number of hydrogen-bond acceptors (Lipinski definition) is 2. The number of hydrogen-bond donors (Lipinski definition) is 1. The van der Waals surface area contributed by atoms with Crippen LogP contribution in [0.4, 0.5) is 0 Å². The van der Waals surface area contributed by atoms with Gasteiger partial charge in [-0.25, -0.2) is 0 Å². The third-order valence-electron chi connectivity index (χ3n) is 2.63. The van der Waals surface area contributed by atoms with Gasteiger partial charge in [0, 0.05) is 5.56 Å². The Labute approximate surface area is 113 Å². The van der Waals surface area contributed by atoms with E-state index in [9.17, 15) is 5.11 Å². The van der Waals surface area contributed by atoms with Gasteiger partial charge in [-0.1, -0.05) is 42.2 Å². The van der Waals surface area contributed by atoms with E-state index < -0.39 is 6.10 Å². The van der Waals surface area contributed by atoms with Crippen molar-refractivity contribution in [3.05, 3.63) is 65.7 Å². The molecular weight excluding hydrogens is 236 g/mol. The van der Waals surface area contributed by atoms with Gasteiger partial charge in [-0.05, 0) is 36.8 Å². The van der Waals surface area contributed by atoms with Gasteiger partial charge in [0.1, 0.15) is 11.9 Å². The van der Waals surface area contributed by atoms with E-state index in [1.165, 1.54) is 0 Å². The Morgan fingerprint density at radius 1 is 1.05 bits per heavy atom. The average Bonchev–Trinajstić information content (AvgIpc) is 2.47. The average molecular weight is 252 g/mol. The monoisotopic (exact) mass is 252 g/mol. The molecule has 0 saturated heterocycles. The SMILES string of the molecule is CCOc1ccc([C@H](O)C#Cc2ccccc2)cc1. The van der Waals surface area contributed by atoms with E-state index in [4.69, 9.17) is 4.74 Å². The van der Waals surface area contributed by atoms with Crippen molar-refractivity contribution in [2.75, 3.05) is 6.61 Å². The molecule has 0 aliphatic carbocycles. The minimum absolute atomic E-state index is 0.635. The lowest BCUT2D eigenvalue weighted by Crippen LogP contribution is -1.95. The molecular formula is C17H16O2. The molecule has 19 heavy (non-hydrogen) atoms. The molecule has 0 radical (unpaired) electrons. The second kappa shape index (κ2) is 6.63. The summed E-state index contributed by atoms with van der Waals surface area (Å²) in [7, 11) is 0. The summed E-state index contributed by atoms with van der Waals surface area (Å²) in [6.45, 7) is 2.57. The second-order valence-electron chi connectivity index (χ2n) is 4.04. The molecule has 1 N–H and O–H groups in total. The summed E-state index contributed by atoms with van der Waals surface area (Å²) in [6.07, 6.45) is -0.782. The van der Waals surface area contributed by atoms with Gasteiger partial charge in [-0.3, -0.25) is 0 Å². The van der Waals surface area contributed by atoms with Gasteiger partial charge in [-0.15, -0.1) is 0 Å². The number of aliphatic hydroxyl groups excluding tert-OH is 1. The maximum absolute atomic E-state index is 9.99. The molecule has 0 heterocycles. The number of aliphatic hydroxyl groups is 1. The third-order valence-corrected chi connectivity index (χ3v) is 2.63. The number of ether oxygens (including phenoxy) is 1. The molecule has 2 aromatic carbocycles. The highest BCUT2D eigenvalue weighted by atomic mass is 16.5. The van der Waals surface area contributed by atoms with Crippen LogP contribution in [0.3, 0.4) is 0 Å². The van der Waals surface area contributed by atoms with Crippen molar-refractivity contribution >= 4 is 0 Å². The molecule has 0 spiro atoms. The predicted molar refractivity (Wildman–Crippen MR) is 75.9 cm³/mol. The van der Waals surface area contributed by atoms with E-state index in [2.05, 4.69) is 11.8 Å². The van der Waals surface area contributed by atoms with Crippen LogP contribution in [0.1, 0.15) is 24.2 Å². The summed E-state index contributed by atoms with van der Waals surface area (Å²) in [5, 5.41) is 9.99. The molecule has 0 amide bonds. The molecule has 0 aliphatic heterocycles. The van der Waals surface area contributed by atoms with Crippen molar-refractivity contribution in [2.24, 2.45) is 0 Å². The molecule has 0 unspecified atom stereocenters. The zero-order chi connectivity index (χ0) is 13.5. The first kappa shape index (κ1) is 13.2. The molecule has 0 bridgehead atoms. The lowest BCUT2D eigenvalue weighted by Gasteiger charge is -2.06. The molecule has 1 atom stereocenters. The quantitative estimate of drug-likeness (QED) is 0.850. The second-order valence-corrected chi connectivity index (χ2v) is 4.04. The molecule has 96 valence electrons. The van der Waals surface area contributed by atoms with Crippen LogP contribution in [0, 0.1) is 11.8 Å². The van der Waals surface area contributed by atoms with Crippen LogP contribution < -0.4 is 4.74 Å². The fraction of sp³-hybridized carbons (Fsp3) is 0.176. The summed E-state index contributed by atoms with van der Waals surface area (Å²) < 4.78 is 5.35. The number of rotatable bonds is 3. The summed E-state index contributed by atoms with van der Waals surface area (Å²) in [5.74, 6) is 6.58. The number of benzene rings is 2. The van der Waals surface area contributed by atoms with Crippen LogP contribution in [0.25, 0.3) is 0 Å². The van der Waals surface area contributed by atoms with E-state index in [-0.39, 0.29) is 0 Å². The first-order chi connectivity index (χ1) is 9.29. The van der Waals surface area contributed by atoms with Crippen LogP contribution in [0.2, 0.25) is 0 Å². The van der Waals surface area contributed by atoms with Gasteiger partial charge >= 0.3 is 0 Å². The Hall–Kier alpha value is -2.24. The molecule has 0 saturated carbocycles. The summed E-state index contributed by atoms with van der Waals surface area (Å²) >= 11 is 0. The van der Waals surface area contributed by atoms with Gasteiger partial charge in [0.2, 0.25) is 0 Å². The van der Waals surface area contributed by atoms with Crippen LogP contribution >= 0.6 is 0 Å². The fourth-order valence-electron chi connectivity index (χ4n) is 1.67. The molecule has 2 heteroatoms. The van der Waals surface area contributed by atoms with Crippen molar-refractivity contribution in [1.29, 1.82) is 0 Å². The van der Waals surface area contributed by atoms with E-state index in [0.29, 0.717) is 6.61 Å². The third kappa shape index (κ3) is 3.87. The predicted octanol–water partition coefficient (Wildman–Crippen LogP) is 3.17. The molecule has 2 aromatic rings. The molecule has 0 aromatic heterocycles. The standard InChI is InChI=1S/C17H16O2/c1-2-19-16-11-9-15(10-12-16)17(18)13-8-14-6-4-3-5-7-14/h3-7,9-12,17-18H,2H2,1H3/t17-/m1/s1. The first-order valence-corrected chi connectivity index (χ1v) is 6.27. The highest BCUT2D eigenvalue weighted by Crippen LogP contribution is 2.17. The lowest BCUT2D eigenvalue weighted by atomic mass is 10.1. The van der Waals surface area contributed by atoms with Gasteiger partial charge in [0.05, 0.1) is 6.61 Å². The Balaban J connectivity index is 2.08. The lowest BCUT2D eigenvalue weighted by molar-refractivity contribution is 0.238. The van der Waals surface area contributed by atoms with E-state index in [1.807, 2.05) is 61.5 Å². The Kier molecular flexibility index (Phi) is 4.60. The largest absolute Gasteiger partial charge is 0.494 e. The maximum atomic E-state index is 9.99. The van der Waals surface area contributed by atoms with Gasteiger partial charge < -0.3 is 9.84 Å². The highest BCUT2D eigenvalue weighted by molar-refractivity contribution is 5.37. The van der Waals surface area contributed by atoms with E-state index in [1.54, 1.807) is 0 Å². The Bertz CT molecular complexity index is 562. The Morgan fingerprint density at radius 3 is 2.37 bits per heavy atom. The minimum Gasteiger partial charge on any atom is -0.494 e. The van der Waals surface area contributed by atoms with Crippen molar-refractivity contribution in [2.45, 2.75) is 13.0 Å².